The number of hydrogen-bond donors (Lipinski definition) is 1. The van der Waals surface area contributed by atoms with Gasteiger partial charge in [-0.1, -0.05) is 49.4 Å². The summed E-state index contributed by atoms with van der Waals surface area (Å²) in [5.41, 5.74) is 3.19. The first-order chi connectivity index (χ1) is 15.6. The zero-order valence-electron chi connectivity index (χ0n) is 17.8. The van der Waals surface area contributed by atoms with E-state index in [1.54, 1.807) is 47.3 Å². The Morgan fingerprint density at radius 2 is 1.81 bits per heavy atom. The Morgan fingerprint density at radius 3 is 2.59 bits per heavy atom. The second kappa shape index (κ2) is 9.92. The molecule has 1 N–H and O–H groups in total. The van der Waals surface area contributed by atoms with Gasteiger partial charge >= 0.3 is 0 Å². The molecule has 6 heteroatoms. The summed E-state index contributed by atoms with van der Waals surface area (Å²) in [6.07, 6.45) is 2.69. The second-order valence-corrected chi connectivity index (χ2v) is 7.43. The predicted molar refractivity (Wildman–Crippen MR) is 122 cm³/mol. The number of nitrogens with one attached hydrogen (secondary N) is 1. The topological polar surface area (TPSA) is 56.1 Å². The third kappa shape index (κ3) is 5.40. The largest absolute Gasteiger partial charge is 0.489 e. The standard InChI is InChI=1S/C26H24FN3O2/c1-2-19-10-12-23(13-11-19)32-18-20-6-5-8-21(16-20)26(31)28-25-14-15-30(29-25)17-22-7-3-4-9-24(22)27/h3-16H,2,17-18H2,1H3,(H,28,29,31). The Hall–Kier alpha value is -3.93. The summed E-state index contributed by atoms with van der Waals surface area (Å²) in [4.78, 5) is 12.7. The SMILES string of the molecule is CCc1ccc(OCc2cccc(C(=O)Nc3ccn(Cc4ccccc4F)n3)c2)cc1. The second-order valence-electron chi connectivity index (χ2n) is 7.43. The maximum atomic E-state index is 13.8. The zero-order valence-corrected chi connectivity index (χ0v) is 17.8. The lowest BCUT2D eigenvalue weighted by atomic mass is 10.1. The van der Waals surface area contributed by atoms with E-state index in [0.717, 1.165) is 17.7 Å². The molecule has 1 aromatic heterocycles. The number of aromatic nitrogens is 2. The number of carbonyl (C=O) groups is 1. The highest BCUT2D eigenvalue weighted by Crippen LogP contribution is 2.16. The average Bonchev–Trinajstić information content (AvgIpc) is 3.26. The fraction of sp³-hybridized carbons (Fsp3) is 0.154. The molecule has 0 saturated carbocycles. The molecule has 0 aliphatic rings. The first kappa shape index (κ1) is 21.3. The molecule has 3 aromatic carbocycles. The van der Waals surface area contributed by atoms with Crippen LogP contribution >= 0.6 is 0 Å². The van der Waals surface area contributed by atoms with Crippen molar-refractivity contribution in [2.45, 2.75) is 26.5 Å². The van der Waals surface area contributed by atoms with Crippen molar-refractivity contribution < 1.29 is 13.9 Å². The molecule has 0 saturated heterocycles. The molecule has 1 heterocycles. The van der Waals surface area contributed by atoms with Gasteiger partial charge in [-0.2, -0.15) is 5.10 Å². The molecule has 0 spiro atoms. The van der Waals surface area contributed by atoms with Crippen molar-refractivity contribution in [1.29, 1.82) is 0 Å². The van der Waals surface area contributed by atoms with E-state index >= 15 is 0 Å². The Balaban J connectivity index is 1.36. The van der Waals surface area contributed by atoms with E-state index < -0.39 is 0 Å². The number of carbonyl (C=O) groups excluding carboxylic acids is 1. The van der Waals surface area contributed by atoms with Crippen molar-refractivity contribution in [1.82, 2.24) is 9.78 Å². The summed E-state index contributed by atoms with van der Waals surface area (Å²) in [6, 6.07) is 23.5. The molecule has 1 amide bonds. The van der Waals surface area contributed by atoms with E-state index in [-0.39, 0.29) is 18.3 Å². The summed E-state index contributed by atoms with van der Waals surface area (Å²) < 4.78 is 21.3. The molecule has 0 fully saturated rings. The van der Waals surface area contributed by atoms with Crippen LogP contribution in [0.1, 0.15) is 34.0 Å². The highest BCUT2D eigenvalue weighted by atomic mass is 19.1. The van der Waals surface area contributed by atoms with Crippen molar-refractivity contribution in [2.24, 2.45) is 0 Å². The Morgan fingerprint density at radius 1 is 1.00 bits per heavy atom. The minimum Gasteiger partial charge on any atom is -0.489 e. The number of anilines is 1. The van der Waals surface area contributed by atoms with Crippen molar-refractivity contribution in [3.8, 4) is 5.75 Å². The van der Waals surface area contributed by atoms with E-state index in [1.165, 1.54) is 11.6 Å². The lowest BCUT2D eigenvalue weighted by Gasteiger charge is -2.09. The molecule has 162 valence electrons. The van der Waals surface area contributed by atoms with Crippen LogP contribution in [0.15, 0.2) is 85.1 Å². The van der Waals surface area contributed by atoms with Gasteiger partial charge in [0.2, 0.25) is 0 Å². The van der Waals surface area contributed by atoms with Crippen LogP contribution in [0.25, 0.3) is 0 Å². The number of amides is 1. The fourth-order valence-corrected chi connectivity index (χ4v) is 3.30. The van der Waals surface area contributed by atoms with Gasteiger partial charge in [0.15, 0.2) is 5.82 Å². The van der Waals surface area contributed by atoms with E-state index in [0.29, 0.717) is 23.6 Å². The molecular weight excluding hydrogens is 405 g/mol. The van der Waals surface area contributed by atoms with Crippen molar-refractivity contribution in [2.75, 3.05) is 5.32 Å². The molecule has 0 aliphatic carbocycles. The van der Waals surface area contributed by atoms with Crippen LogP contribution in [0.4, 0.5) is 10.2 Å². The molecular formula is C26H24FN3O2. The van der Waals surface area contributed by atoms with Gasteiger partial charge in [-0.15, -0.1) is 0 Å². The van der Waals surface area contributed by atoms with Gasteiger partial charge in [0.1, 0.15) is 18.2 Å². The molecule has 0 aliphatic heterocycles. The Bertz CT molecular complexity index is 1200. The van der Waals surface area contributed by atoms with E-state index in [4.69, 9.17) is 4.74 Å². The van der Waals surface area contributed by atoms with Gasteiger partial charge in [0.05, 0.1) is 6.54 Å². The van der Waals surface area contributed by atoms with Gasteiger partial charge in [-0.05, 0) is 47.9 Å². The summed E-state index contributed by atoms with van der Waals surface area (Å²) in [6.45, 7) is 2.76. The van der Waals surface area contributed by atoms with Crippen LogP contribution in [0, 0.1) is 5.82 Å². The van der Waals surface area contributed by atoms with Crippen molar-refractivity contribution >= 4 is 11.7 Å². The van der Waals surface area contributed by atoms with Gasteiger partial charge in [0, 0.05) is 23.4 Å². The molecule has 0 radical (unpaired) electrons. The molecule has 4 rings (SSSR count). The van der Waals surface area contributed by atoms with Crippen LogP contribution in [-0.2, 0) is 19.6 Å². The molecule has 32 heavy (non-hydrogen) atoms. The summed E-state index contributed by atoms with van der Waals surface area (Å²) in [5.74, 6) is 0.644. The number of benzene rings is 3. The third-order valence-corrected chi connectivity index (χ3v) is 5.10. The Labute approximate surface area is 186 Å². The van der Waals surface area contributed by atoms with Crippen LogP contribution < -0.4 is 10.1 Å². The average molecular weight is 429 g/mol. The van der Waals surface area contributed by atoms with Gasteiger partial charge in [-0.3, -0.25) is 9.48 Å². The lowest BCUT2D eigenvalue weighted by molar-refractivity contribution is 0.102. The number of rotatable bonds is 8. The number of ether oxygens (including phenoxy) is 1. The third-order valence-electron chi connectivity index (χ3n) is 5.10. The van der Waals surface area contributed by atoms with E-state index in [1.807, 2.05) is 36.4 Å². The molecule has 4 aromatic rings. The monoisotopic (exact) mass is 429 g/mol. The summed E-state index contributed by atoms with van der Waals surface area (Å²) in [7, 11) is 0. The van der Waals surface area contributed by atoms with Crippen LogP contribution in [0.5, 0.6) is 5.75 Å². The van der Waals surface area contributed by atoms with Crippen molar-refractivity contribution in [3.63, 3.8) is 0 Å². The van der Waals surface area contributed by atoms with Crippen LogP contribution in [-0.4, -0.2) is 15.7 Å². The first-order valence-corrected chi connectivity index (χ1v) is 10.5. The van der Waals surface area contributed by atoms with Crippen LogP contribution in [0.2, 0.25) is 0 Å². The lowest BCUT2D eigenvalue weighted by Crippen LogP contribution is -2.13. The minimum absolute atomic E-state index is 0.268. The highest BCUT2D eigenvalue weighted by molar-refractivity contribution is 6.03. The quantitative estimate of drug-likeness (QED) is 0.404. The summed E-state index contributed by atoms with van der Waals surface area (Å²) >= 11 is 0. The number of nitrogens with zero attached hydrogens (tertiary/aromatic N) is 2. The summed E-state index contributed by atoms with van der Waals surface area (Å²) in [5, 5.41) is 7.11. The molecule has 0 unspecified atom stereocenters. The number of halogens is 1. The van der Waals surface area contributed by atoms with Gasteiger partial charge < -0.3 is 10.1 Å². The minimum atomic E-state index is -0.283. The highest BCUT2D eigenvalue weighted by Gasteiger charge is 2.10. The molecule has 0 bridgehead atoms. The molecule has 0 atom stereocenters. The smallest absolute Gasteiger partial charge is 0.256 e. The normalized spacial score (nSPS) is 10.7. The maximum absolute atomic E-state index is 13.8. The first-order valence-electron chi connectivity index (χ1n) is 10.5. The number of aryl methyl sites for hydroxylation is 1. The fourth-order valence-electron chi connectivity index (χ4n) is 3.30. The number of hydrogen-bond acceptors (Lipinski definition) is 3. The zero-order chi connectivity index (χ0) is 22.3. The van der Waals surface area contributed by atoms with Gasteiger partial charge in [-0.25, -0.2) is 4.39 Å². The maximum Gasteiger partial charge on any atom is 0.256 e. The van der Waals surface area contributed by atoms with Gasteiger partial charge in [0.25, 0.3) is 5.91 Å². The van der Waals surface area contributed by atoms with Crippen molar-refractivity contribution in [3.05, 3.63) is 113 Å². The predicted octanol–water partition coefficient (Wildman–Crippen LogP) is 5.46. The Kier molecular flexibility index (Phi) is 6.60. The van der Waals surface area contributed by atoms with Crippen LogP contribution in [0.3, 0.4) is 0 Å². The van der Waals surface area contributed by atoms with E-state index in [2.05, 4.69) is 17.3 Å². The van der Waals surface area contributed by atoms with E-state index in [9.17, 15) is 9.18 Å². The molecule has 5 nitrogen and oxygen atoms in total.